The van der Waals surface area contributed by atoms with Crippen LogP contribution in [0.3, 0.4) is 0 Å². The zero-order valence-electron chi connectivity index (χ0n) is 15.4. The van der Waals surface area contributed by atoms with Crippen LogP contribution in [0.15, 0.2) is 24.3 Å². The minimum Gasteiger partial charge on any atom is -0.454 e. The molecule has 0 saturated heterocycles. The van der Waals surface area contributed by atoms with Crippen LogP contribution in [0.4, 0.5) is 0 Å². The smallest absolute Gasteiger partial charge is 0.231 e. The molecule has 0 saturated carbocycles. The van der Waals surface area contributed by atoms with E-state index in [1.807, 2.05) is 0 Å². The van der Waals surface area contributed by atoms with E-state index in [2.05, 4.69) is 0 Å². The van der Waals surface area contributed by atoms with E-state index in [-0.39, 0.29) is 6.79 Å². The average molecular weight is 240 g/mol. The Morgan fingerprint density at radius 2 is 2.18 bits per heavy atom. The van der Waals surface area contributed by atoms with Crippen molar-refractivity contribution in [2.75, 3.05) is 6.79 Å². The second kappa shape index (κ2) is 4.41. The zero-order chi connectivity index (χ0) is 17.5. The highest BCUT2D eigenvalue weighted by molar-refractivity contribution is 5.56. The van der Waals surface area contributed by atoms with Gasteiger partial charge in [-0.1, -0.05) is 38.8 Å². The summed E-state index contributed by atoms with van der Waals surface area (Å²) < 4.78 is 55.4. The van der Waals surface area contributed by atoms with Crippen molar-refractivity contribution < 1.29 is 22.8 Å². The molecule has 0 amide bonds. The third-order valence-electron chi connectivity index (χ3n) is 2.46. The standard InChI is InChI=1S/C14H18O3/c1-14(2,3)13(15)7-5-10-4-6-11-12(8-10)17-9-16-11/h4-8,13,15H,9H2,1-3H3/b7-5+/i1D3,2D3. The number of ether oxygens (including phenoxy) is 2. The fourth-order valence-electron chi connectivity index (χ4n) is 1.41. The quantitative estimate of drug-likeness (QED) is 0.864. The summed E-state index contributed by atoms with van der Waals surface area (Å²) in [4.78, 5) is 0. The molecule has 1 atom stereocenters. The van der Waals surface area contributed by atoms with E-state index in [1.54, 1.807) is 18.2 Å². The lowest BCUT2D eigenvalue weighted by atomic mass is 9.89. The van der Waals surface area contributed by atoms with E-state index in [9.17, 15) is 5.11 Å². The van der Waals surface area contributed by atoms with Gasteiger partial charge in [0, 0.05) is 8.22 Å². The summed E-state index contributed by atoms with van der Waals surface area (Å²) in [7, 11) is 0. The minimum absolute atomic E-state index is 0.126. The van der Waals surface area contributed by atoms with Crippen LogP contribution < -0.4 is 9.47 Å². The molecule has 92 valence electrons. The number of benzene rings is 1. The van der Waals surface area contributed by atoms with Gasteiger partial charge in [0.25, 0.3) is 0 Å². The predicted molar refractivity (Wildman–Crippen MR) is 67.1 cm³/mol. The van der Waals surface area contributed by atoms with Gasteiger partial charge >= 0.3 is 0 Å². The van der Waals surface area contributed by atoms with Crippen LogP contribution in [-0.2, 0) is 0 Å². The molecule has 1 aliphatic rings. The molecule has 0 aromatic heterocycles. The molecule has 0 fully saturated rings. The van der Waals surface area contributed by atoms with Crippen molar-refractivity contribution in [3.05, 3.63) is 29.8 Å². The summed E-state index contributed by atoms with van der Waals surface area (Å²) in [6.07, 6.45) is 0.964. The van der Waals surface area contributed by atoms with Gasteiger partial charge in [-0.3, -0.25) is 0 Å². The van der Waals surface area contributed by atoms with Gasteiger partial charge in [0.05, 0.1) is 6.10 Å². The fourth-order valence-corrected chi connectivity index (χ4v) is 1.41. The minimum atomic E-state index is -2.85. The Labute approximate surface area is 110 Å². The van der Waals surface area contributed by atoms with E-state index >= 15 is 0 Å². The Bertz CT molecular complexity index is 592. The summed E-state index contributed by atoms with van der Waals surface area (Å²) in [5.74, 6) is 1.13. The maximum atomic E-state index is 10.2. The third-order valence-corrected chi connectivity index (χ3v) is 2.46. The fraction of sp³-hybridized carbons (Fsp3) is 0.429. The van der Waals surface area contributed by atoms with Crippen molar-refractivity contribution in [2.45, 2.75) is 26.7 Å². The molecule has 0 radical (unpaired) electrons. The number of aliphatic hydroxyl groups excluding tert-OH is 1. The first kappa shape index (κ1) is 6.45. The number of hydrogen-bond donors (Lipinski definition) is 1. The Kier molecular flexibility index (Phi) is 1.68. The molecule has 1 aromatic carbocycles. The SMILES string of the molecule is [2H]C([2H])([2H])C(C)(C(O)/C=C/c1ccc2c(c1)OCO2)C([2H])([2H])[2H]. The zero-order valence-corrected chi connectivity index (χ0v) is 9.43. The van der Waals surface area contributed by atoms with Gasteiger partial charge in [-0.2, -0.15) is 0 Å². The highest BCUT2D eigenvalue weighted by Crippen LogP contribution is 2.33. The molecule has 1 heterocycles. The molecule has 0 spiro atoms. The number of rotatable bonds is 2. The third kappa shape index (κ3) is 2.80. The topological polar surface area (TPSA) is 38.7 Å². The van der Waals surface area contributed by atoms with E-state index in [0.717, 1.165) is 6.92 Å². The monoisotopic (exact) mass is 240 g/mol. The number of aliphatic hydroxyl groups is 1. The Balaban J connectivity index is 2.27. The lowest BCUT2D eigenvalue weighted by Gasteiger charge is -2.22. The van der Waals surface area contributed by atoms with E-state index < -0.39 is 25.2 Å². The van der Waals surface area contributed by atoms with Crippen molar-refractivity contribution >= 4 is 6.08 Å². The Morgan fingerprint density at radius 3 is 2.94 bits per heavy atom. The molecule has 0 aliphatic carbocycles. The van der Waals surface area contributed by atoms with Crippen LogP contribution in [0.25, 0.3) is 6.08 Å². The maximum absolute atomic E-state index is 10.2. The van der Waals surface area contributed by atoms with Crippen molar-refractivity contribution in [1.29, 1.82) is 0 Å². The molecule has 3 heteroatoms. The van der Waals surface area contributed by atoms with Crippen molar-refractivity contribution in [1.82, 2.24) is 0 Å². The molecule has 2 rings (SSSR count). The predicted octanol–water partition coefficient (Wildman–Crippen LogP) is 2.84. The van der Waals surface area contributed by atoms with Gasteiger partial charge in [0.1, 0.15) is 0 Å². The van der Waals surface area contributed by atoms with E-state index in [0.29, 0.717) is 17.1 Å². The van der Waals surface area contributed by atoms with Gasteiger partial charge in [-0.05, 0) is 23.1 Å². The molecular weight excluding hydrogens is 216 g/mol. The highest BCUT2D eigenvalue weighted by atomic mass is 16.7. The summed E-state index contributed by atoms with van der Waals surface area (Å²) in [6.45, 7) is -4.53. The lowest BCUT2D eigenvalue weighted by Crippen LogP contribution is -2.23. The first-order valence-corrected chi connectivity index (χ1v) is 5.23. The second-order valence-electron chi connectivity index (χ2n) is 4.12. The van der Waals surface area contributed by atoms with Crippen LogP contribution >= 0.6 is 0 Å². The van der Waals surface area contributed by atoms with Crippen LogP contribution in [-0.4, -0.2) is 18.0 Å². The molecule has 1 aliphatic heterocycles. The lowest BCUT2D eigenvalue weighted by molar-refractivity contribution is 0.106. The first-order valence-electron chi connectivity index (χ1n) is 8.23. The van der Waals surface area contributed by atoms with Crippen LogP contribution in [0.1, 0.15) is 34.4 Å². The highest BCUT2D eigenvalue weighted by Gasteiger charge is 2.19. The van der Waals surface area contributed by atoms with Crippen LogP contribution in [0, 0.1) is 5.41 Å². The van der Waals surface area contributed by atoms with Crippen molar-refractivity contribution in [2.24, 2.45) is 5.41 Å². The summed E-state index contributed by atoms with van der Waals surface area (Å²) in [5, 5.41) is 10.2. The van der Waals surface area contributed by atoms with Gasteiger partial charge in [-0.25, -0.2) is 0 Å². The maximum Gasteiger partial charge on any atom is 0.231 e. The molecule has 1 aromatic rings. The van der Waals surface area contributed by atoms with Gasteiger partial charge in [-0.15, -0.1) is 0 Å². The second-order valence-corrected chi connectivity index (χ2v) is 4.12. The van der Waals surface area contributed by atoms with Gasteiger partial charge in [0.2, 0.25) is 6.79 Å². The van der Waals surface area contributed by atoms with Gasteiger partial charge < -0.3 is 14.6 Å². The van der Waals surface area contributed by atoms with Crippen molar-refractivity contribution in [3.8, 4) is 11.5 Å². The summed E-state index contributed by atoms with van der Waals surface area (Å²) in [5.41, 5.74) is -1.64. The first-order chi connectivity index (χ1) is 10.5. The number of fused-ring (bicyclic) bond motifs is 1. The van der Waals surface area contributed by atoms with Crippen LogP contribution in [0.2, 0.25) is 0 Å². The average Bonchev–Trinajstić information content (AvgIpc) is 2.88. The van der Waals surface area contributed by atoms with Gasteiger partial charge in [0.15, 0.2) is 11.5 Å². The van der Waals surface area contributed by atoms with E-state index in [1.165, 1.54) is 12.2 Å². The normalized spacial score (nSPS) is 23.2. The van der Waals surface area contributed by atoms with E-state index in [4.69, 9.17) is 17.7 Å². The van der Waals surface area contributed by atoms with Crippen molar-refractivity contribution in [3.63, 3.8) is 0 Å². The Morgan fingerprint density at radius 1 is 1.41 bits per heavy atom. The molecule has 1 unspecified atom stereocenters. The molecule has 17 heavy (non-hydrogen) atoms. The molecule has 3 nitrogen and oxygen atoms in total. The number of hydrogen-bond acceptors (Lipinski definition) is 3. The summed E-state index contributed by atoms with van der Waals surface area (Å²) in [6, 6.07) is 5.04. The summed E-state index contributed by atoms with van der Waals surface area (Å²) >= 11 is 0. The molecule has 0 bridgehead atoms. The Hall–Kier alpha value is -1.48. The van der Waals surface area contributed by atoms with Crippen LogP contribution in [0.5, 0.6) is 11.5 Å². The molecule has 1 N–H and O–H groups in total. The molecular formula is C14H18O3. The largest absolute Gasteiger partial charge is 0.454 e.